The Kier molecular flexibility index (Phi) is 3.00. The van der Waals surface area contributed by atoms with Gasteiger partial charge >= 0.3 is 0 Å². The number of rotatable bonds is 4. The van der Waals surface area contributed by atoms with Gasteiger partial charge in [0.15, 0.2) is 0 Å². The third kappa shape index (κ3) is 1.85. The lowest BCUT2D eigenvalue weighted by atomic mass is 9.86. The van der Waals surface area contributed by atoms with E-state index in [-0.39, 0.29) is 17.3 Å². The SMILES string of the molecule is COCc1cc(F)ccc1C1(C(C)N)CC1. The van der Waals surface area contributed by atoms with Crippen molar-refractivity contribution in [3.05, 3.63) is 35.1 Å². The van der Waals surface area contributed by atoms with E-state index in [2.05, 4.69) is 0 Å². The Hall–Kier alpha value is -0.930. The molecule has 16 heavy (non-hydrogen) atoms. The molecule has 2 rings (SSSR count). The average Bonchev–Trinajstić information content (AvgIpc) is 2.99. The van der Waals surface area contributed by atoms with Crippen LogP contribution in [0.3, 0.4) is 0 Å². The summed E-state index contributed by atoms with van der Waals surface area (Å²) < 4.78 is 18.3. The van der Waals surface area contributed by atoms with E-state index >= 15 is 0 Å². The molecule has 88 valence electrons. The first-order valence-electron chi connectivity index (χ1n) is 5.63. The summed E-state index contributed by atoms with van der Waals surface area (Å²) in [6, 6.07) is 5.03. The molecular formula is C13H18FNO. The smallest absolute Gasteiger partial charge is 0.123 e. The molecule has 1 saturated carbocycles. The molecule has 2 nitrogen and oxygen atoms in total. The van der Waals surface area contributed by atoms with E-state index in [1.807, 2.05) is 13.0 Å². The maximum absolute atomic E-state index is 13.2. The van der Waals surface area contributed by atoms with Crippen LogP contribution in [0.25, 0.3) is 0 Å². The molecule has 0 aliphatic heterocycles. The minimum absolute atomic E-state index is 0.0571. The Balaban J connectivity index is 2.40. The molecular weight excluding hydrogens is 205 g/mol. The number of methoxy groups -OCH3 is 1. The van der Waals surface area contributed by atoms with Gasteiger partial charge in [0.05, 0.1) is 6.61 Å². The highest BCUT2D eigenvalue weighted by atomic mass is 19.1. The lowest BCUT2D eigenvalue weighted by Gasteiger charge is -2.23. The Labute approximate surface area is 95.6 Å². The van der Waals surface area contributed by atoms with E-state index < -0.39 is 0 Å². The first-order valence-corrected chi connectivity index (χ1v) is 5.63. The second kappa shape index (κ2) is 4.15. The summed E-state index contributed by atoms with van der Waals surface area (Å²) in [5, 5.41) is 0. The lowest BCUT2D eigenvalue weighted by Crippen LogP contribution is -2.32. The van der Waals surface area contributed by atoms with Gasteiger partial charge in [-0.3, -0.25) is 0 Å². The maximum atomic E-state index is 13.2. The van der Waals surface area contributed by atoms with Crippen LogP contribution in [0.1, 0.15) is 30.9 Å². The summed E-state index contributed by atoms with van der Waals surface area (Å²) in [6.07, 6.45) is 2.18. The van der Waals surface area contributed by atoms with Crippen LogP contribution < -0.4 is 5.73 Å². The zero-order valence-electron chi connectivity index (χ0n) is 9.79. The fourth-order valence-electron chi connectivity index (χ4n) is 2.43. The first-order chi connectivity index (χ1) is 7.60. The second-order valence-corrected chi connectivity index (χ2v) is 4.68. The summed E-state index contributed by atoms with van der Waals surface area (Å²) in [7, 11) is 1.63. The van der Waals surface area contributed by atoms with Crippen molar-refractivity contribution in [3.8, 4) is 0 Å². The highest BCUT2D eigenvalue weighted by Gasteiger charge is 2.48. The predicted octanol–water partition coefficient (Wildman–Crippen LogP) is 2.35. The van der Waals surface area contributed by atoms with Crippen molar-refractivity contribution in [1.82, 2.24) is 0 Å². The molecule has 1 fully saturated rings. The molecule has 2 N–H and O–H groups in total. The number of nitrogens with two attached hydrogens (primary N) is 1. The number of benzene rings is 1. The van der Waals surface area contributed by atoms with Gasteiger partial charge in [0.25, 0.3) is 0 Å². The molecule has 0 aromatic heterocycles. The van der Waals surface area contributed by atoms with Crippen molar-refractivity contribution in [2.24, 2.45) is 5.73 Å². The monoisotopic (exact) mass is 223 g/mol. The van der Waals surface area contributed by atoms with E-state index in [9.17, 15) is 4.39 Å². The third-order valence-corrected chi connectivity index (χ3v) is 3.56. The van der Waals surface area contributed by atoms with Crippen LogP contribution in [-0.4, -0.2) is 13.2 Å². The topological polar surface area (TPSA) is 35.2 Å². The van der Waals surface area contributed by atoms with Crippen molar-refractivity contribution in [3.63, 3.8) is 0 Å². The summed E-state index contributed by atoms with van der Waals surface area (Å²) in [5.41, 5.74) is 8.18. The second-order valence-electron chi connectivity index (χ2n) is 4.68. The molecule has 1 aromatic rings. The van der Waals surface area contributed by atoms with Gasteiger partial charge in [-0.15, -0.1) is 0 Å². The minimum Gasteiger partial charge on any atom is -0.380 e. The molecule has 1 aromatic carbocycles. The Morgan fingerprint density at radius 2 is 2.19 bits per heavy atom. The summed E-state index contributed by atoms with van der Waals surface area (Å²) >= 11 is 0. The van der Waals surface area contributed by atoms with Crippen LogP contribution in [0.5, 0.6) is 0 Å². The maximum Gasteiger partial charge on any atom is 0.123 e. The van der Waals surface area contributed by atoms with Crippen LogP contribution in [0.4, 0.5) is 4.39 Å². The summed E-state index contributed by atoms with van der Waals surface area (Å²) in [4.78, 5) is 0. The van der Waals surface area contributed by atoms with Crippen LogP contribution in [0, 0.1) is 5.82 Å². The van der Waals surface area contributed by atoms with Crippen molar-refractivity contribution in [2.45, 2.75) is 37.8 Å². The molecule has 1 aliphatic rings. The standard InChI is InChI=1S/C13H18FNO/c1-9(15)13(5-6-13)12-4-3-11(14)7-10(12)8-16-2/h3-4,7,9H,5-6,8,15H2,1-2H3. The van der Waals surface area contributed by atoms with Gasteiger partial charge in [-0.1, -0.05) is 6.07 Å². The van der Waals surface area contributed by atoms with Gasteiger partial charge in [0.1, 0.15) is 5.82 Å². The Bertz CT molecular complexity index is 386. The van der Waals surface area contributed by atoms with Gasteiger partial charge in [-0.2, -0.15) is 0 Å². The van der Waals surface area contributed by atoms with E-state index in [0.29, 0.717) is 6.61 Å². The highest BCUT2D eigenvalue weighted by molar-refractivity contribution is 5.40. The third-order valence-electron chi connectivity index (χ3n) is 3.56. The van der Waals surface area contributed by atoms with Gasteiger partial charge < -0.3 is 10.5 Å². The summed E-state index contributed by atoms with van der Waals surface area (Å²) in [5.74, 6) is -0.212. The van der Waals surface area contributed by atoms with Crippen molar-refractivity contribution in [2.75, 3.05) is 7.11 Å². The number of hydrogen-bond acceptors (Lipinski definition) is 2. The fraction of sp³-hybridized carbons (Fsp3) is 0.538. The largest absolute Gasteiger partial charge is 0.380 e. The zero-order chi connectivity index (χ0) is 11.8. The molecule has 1 aliphatic carbocycles. The van der Waals surface area contributed by atoms with Crippen LogP contribution in [0.2, 0.25) is 0 Å². The molecule has 0 heterocycles. The average molecular weight is 223 g/mol. The van der Waals surface area contributed by atoms with E-state index in [1.165, 1.54) is 6.07 Å². The Morgan fingerprint density at radius 1 is 1.50 bits per heavy atom. The quantitative estimate of drug-likeness (QED) is 0.850. The van der Waals surface area contributed by atoms with Crippen LogP contribution in [-0.2, 0) is 16.8 Å². The zero-order valence-corrected chi connectivity index (χ0v) is 9.79. The van der Waals surface area contributed by atoms with Gasteiger partial charge in [-0.25, -0.2) is 4.39 Å². The molecule has 0 radical (unpaired) electrons. The number of ether oxygens (including phenoxy) is 1. The van der Waals surface area contributed by atoms with E-state index in [1.54, 1.807) is 13.2 Å². The van der Waals surface area contributed by atoms with Gasteiger partial charge in [0, 0.05) is 18.6 Å². The number of halogens is 1. The number of hydrogen-bond donors (Lipinski definition) is 1. The fourth-order valence-corrected chi connectivity index (χ4v) is 2.43. The Morgan fingerprint density at radius 3 is 2.69 bits per heavy atom. The molecule has 1 atom stereocenters. The highest BCUT2D eigenvalue weighted by Crippen LogP contribution is 2.51. The molecule has 0 amide bonds. The first kappa shape index (κ1) is 11.6. The lowest BCUT2D eigenvalue weighted by molar-refractivity contribution is 0.183. The summed E-state index contributed by atoms with van der Waals surface area (Å²) in [6.45, 7) is 2.47. The van der Waals surface area contributed by atoms with Crippen LogP contribution >= 0.6 is 0 Å². The van der Waals surface area contributed by atoms with Crippen molar-refractivity contribution >= 4 is 0 Å². The molecule has 0 spiro atoms. The molecule has 3 heteroatoms. The van der Waals surface area contributed by atoms with Crippen LogP contribution in [0.15, 0.2) is 18.2 Å². The van der Waals surface area contributed by atoms with Crippen molar-refractivity contribution in [1.29, 1.82) is 0 Å². The van der Waals surface area contributed by atoms with E-state index in [4.69, 9.17) is 10.5 Å². The van der Waals surface area contributed by atoms with Gasteiger partial charge in [0.2, 0.25) is 0 Å². The van der Waals surface area contributed by atoms with Crippen molar-refractivity contribution < 1.29 is 9.13 Å². The van der Waals surface area contributed by atoms with E-state index in [0.717, 1.165) is 24.0 Å². The molecule has 1 unspecified atom stereocenters. The minimum atomic E-state index is -0.212. The van der Waals surface area contributed by atoms with Gasteiger partial charge in [-0.05, 0) is 43.0 Å². The normalized spacial score (nSPS) is 19.5. The predicted molar refractivity (Wildman–Crippen MR) is 61.7 cm³/mol. The molecule has 0 saturated heterocycles. The molecule has 0 bridgehead atoms.